The molecule has 0 atom stereocenters. The Hall–Kier alpha value is -2.41. The number of rotatable bonds is 9. The summed E-state index contributed by atoms with van der Waals surface area (Å²) in [5.74, 6) is 3.45. The van der Waals surface area contributed by atoms with Gasteiger partial charge in [-0.1, -0.05) is 6.92 Å². The highest BCUT2D eigenvalue weighted by Crippen LogP contribution is 2.42. The van der Waals surface area contributed by atoms with Gasteiger partial charge in [0.2, 0.25) is 0 Å². The van der Waals surface area contributed by atoms with E-state index >= 15 is 0 Å². The van der Waals surface area contributed by atoms with Crippen molar-refractivity contribution in [3.8, 4) is 22.8 Å². The lowest BCUT2D eigenvalue weighted by atomic mass is 10.1. The van der Waals surface area contributed by atoms with Crippen molar-refractivity contribution in [2.75, 3.05) is 38.5 Å². The number of anilines is 1. The van der Waals surface area contributed by atoms with Crippen molar-refractivity contribution in [1.29, 1.82) is 0 Å². The molecule has 1 aromatic carbocycles. The number of fused-ring (bicyclic) bond motifs is 1. The molecule has 1 aliphatic carbocycles. The lowest BCUT2D eigenvalue weighted by molar-refractivity contribution is 0.396. The van der Waals surface area contributed by atoms with Crippen LogP contribution in [0.25, 0.3) is 16.9 Å². The van der Waals surface area contributed by atoms with Crippen LogP contribution in [0.5, 0.6) is 11.5 Å². The van der Waals surface area contributed by atoms with Gasteiger partial charge in [0.15, 0.2) is 5.65 Å². The van der Waals surface area contributed by atoms with Gasteiger partial charge in [-0.25, -0.2) is 4.98 Å². The highest BCUT2D eigenvalue weighted by molar-refractivity contribution is 7.98. The largest absolute Gasteiger partial charge is 0.496 e. The first-order chi connectivity index (χ1) is 14.6. The summed E-state index contributed by atoms with van der Waals surface area (Å²) < 4.78 is 13.6. The summed E-state index contributed by atoms with van der Waals surface area (Å²) in [6, 6.07) is 4.03. The molecule has 2 aromatic heterocycles. The van der Waals surface area contributed by atoms with Crippen LogP contribution in [-0.2, 0) is 0 Å². The fourth-order valence-electron chi connectivity index (χ4n) is 3.99. The molecule has 3 aromatic rings. The van der Waals surface area contributed by atoms with Crippen LogP contribution in [0.3, 0.4) is 0 Å². The molecule has 30 heavy (non-hydrogen) atoms. The second-order valence-electron chi connectivity index (χ2n) is 7.85. The number of thioether (sulfide) groups is 1. The molecule has 7 heteroatoms. The quantitative estimate of drug-likeness (QED) is 0.445. The zero-order chi connectivity index (χ0) is 21.3. The third kappa shape index (κ3) is 3.83. The molecule has 0 aliphatic heterocycles. The fourth-order valence-corrected chi connectivity index (χ4v) is 4.57. The zero-order valence-electron chi connectivity index (χ0n) is 18.4. The lowest BCUT2D eigenvalue weighted by Crippen LogP contribution is -2.28. The number of ether oxygens (including phenoxy) is 2. The summed E-state index contributed by atoms with van der Waals surface area (Å²) in [4.78, 5) is 12.2. The van der Waals surface area contributed by atoms with E-state index in [0.717, 1.165) is 64.4 Å². The van der Waals surface area contributed by atoms with Crippen LogP contribution in [0.2, 0.25) is 0 Å². The predicted octanol–water partition coefficient (Wildman–Crippen LogP) is 5.07. The molecule has 0 radical (unpaired) electrons. The molecule has 2 heterocycles. The SMILES string of the molecule is CCCN(CC1CC1)c1c(SC)nc2c(-c3c(OC)cc(C)cc3OC)nccn12. The standard InChI is InChI=1S/C23H30N4O2S/c1-6-10-26(14-16-7-8-16)23-22(30-5)25-21-20(24-9-11-27(21)23)19-17(28-3)12-15(2)13-18(19)29-4/h9,11-13,16H,6-8,10,14H2,1-5H3. The Kier molecular flexibility index (Phi) is 6.09. The Bertz CT molecular complexity index is 1020. The normalized spacial score (nSPS) is 13.6. The Labute approximate surface area is 182 Å². The third-order valence-corrected chi connectivity index (χ3v) is 6.20. The second-order valence-corrected chi connectivity index (χ2v) is 8.64. The van der Waals surface area contributed by atoms with Gasteiger partial charge >= 0.3 is 0 Å². The first kappa shape index (κ1) is 20.8. The molecule has 6 nitrogen and oxygen atoms in total. The van der Waals surface area contributed by atoms with E-state index in [1.165, 1.54) is 18.7 Å². The van der Waals surface area contributed by atoms with Crippen molar-refractivity contribution in [2.45, 2.75) is 38.1 Å². The van der Waals surface area contributed by atoms with E-state index in [4.69, 9.17) is 19.4 Å². The zero-order valence-corrected chi connectivity index (χ0v) is 19.3. The molecule has 1 saturated carbocycles. The van der Waals surface area contributed by atoms with E-state index in [9.17, 15) is 0 Å². The van der Waals surface area contributed by atoms with Crippen LogP contribution in [-0.4, -0.2) is 47.9 Å². The summed E-state index contributed by atoms with van der Waals surface area (Å²) in [6.45, 7) is 6.37. The van der Waals surface area contributed by atoms with E-state index < -0.39 is 0 Å². The van der Waals surface area contributed by atoms with Crippen LogP contribution >= 0.6 is 11.8 Å². The highest BCUT2D eigenvalue weighted by Gasteiger charge is 2.28. The van der Waals surface area contributed by atoms with Crippen LogP contribution in [0, 0.1) is 12.8 Å². The van der Waals surface area contributed by atoms with Crippen molar-refractivity contribution in [3.05, 3.63) is 30.1 Å². The summed E-state index contributed by atoms with van der Waals surface area (Å²) in [7, 11) is 3.36. The molecule has 0 bridgehead atoms. The van der Waals surface area contributed by atoms with Crippen molar-refractivity contribution in [3.63, 3.8) is 0 Å². The van der Waals surface area contributed by atoms with Gasteiger partial charge in [0.1, 0.15) is 28.0 Å². The van der Waals surface area contributed by atoms with Gasteiger partial charge in [-0.15, -0.1) is 11.8 Å². The maximum atomic E-state index is 5.71. The van der Waals surface area contributed by atoms with Crippen molar-refractivity contribution < 1.29 is 9.47 Å². The van der Waals surface area contributed by atoms with Crippen molar-refractivity contribution in [1.82, 2.24) is 14.4 Å². The van der Waals surface area contributed by atoms with Gasteiger partial charge < -0.3 is 14.4 Å². The monoisotopic (exact) mass is 426 g/mol. The molecule has 160 valence electrons. The first-order valence-corrected chi connectivity index (χ1v) is 11.7. The number of methoxy groups -OCH3 is 2. The van der Waals surface area contributed by atoms with Gasteiger partial charge in [0.25, 0.3) is 0 Å². The number of hydrogen-bond donors (Lipinski definition) is 0. The van der Waals surface area contributed by atoms with E-state index in [1.54, 1.807) is 26.0 Å². The minimum absolute atomic E-state index is 0.742. The summed E-state index contributed by atoms with van der Waals surface area (Å²) in [6.07, 6.45) is 9.71. The highest BCUT2D eigenvalue weighted by atomic mass is 32.2. The molecule has 1 aliphatic rings. The molecule has 0 spiro atoms. The van der Waals surface area contributed by atoms with Crippen LogP contribution in [0.4, 0.5) is 5.82 Å². The minimum Gasteiger partial charge on any atom is -0.496 e. The average molecular weight is 427 g/mol. The molecule has 0 unspecified atom stereocenters. The van der Waals surface area contributed by atoms with Gasteiger partial charge in [-0.2, -0.15) is 0 Å². The molecular formula is C23H30N4O2S. The van der Waals surface area contributed by atoms with Gasteiger partial charge in [0.05, 0.1) is 19.8 Å². The summed E-state index contributed by atoms with van der Waals surface area (Å²) in [5.41, 5.74) is 3.52. The topological polar surface area (TPSA) is 51.9 Å². The number of nitrogens with zero attached hydrogens (tertiary/aromatic N) is 4. The Balaban J connectivity index is 1.93. The fraction of sp³-hybridized carbons (Fsp3) is 0.478. The van der Waals surface area contributed by atoms with Gasteiger partial charge in [-0.05, 0) is 56.1 Å². The first-order valence-electron chi connectivity index (χ1n) is 10.5. The Morgan fingerprint density at radius 3 is 2.47 bits per heavy atom. The van der Waals surface area contributed by atoms with Crippen LogP contribution < -0.4 is 14.4 Å². The molecule has 0 amide bonds. The summed E-state index contributed by atoms with van der Waals surface area (Å²) >= 11 is 1.69. The number of hydrogen-bond acceptors (Lipinski definition) is 6. The third-order valence-electron chi connectivity index (χ3n) is 5.54. The van der Waals surface area contributed by atoms with E-state index in [0.29, 0.717) is 0 Å². The number of benzene rings is 1. The van der Waals surface area contributed by atoms with Crippen molar-refractivity contribution in [2.24, 2.45) is 5.92 Å². The van der Waals surface area contributed by atoms with E-state index in [-0.39, 0.29) is 0 Å². The Morgan fingerprint density at radius 1 is 1.20 bits per heavy atom. The van der Waals surface area contributed by atoms with Crippen molar-refractivity contribution >= 4 is 23.2 Å². The number of imidazole rings is 1. The van der Waals surface area contributed by atoms with E-state index in [1.807, 2.05) is 31.5 Å². The summed E-state index contributed by atoms with van der Waals surface area (Å²) in [5, 5.41) is 1.03. The molecule has 1 fully saturated rings. The molecule has 0 saturated heterocycles. The minimum atomic E-state index is 0.742. The smallest absolute Gasteiger partial charge is 0.166 e. The average Bonchev–Trinajstić information content (AvgIpc) is 3.49. The number of aromatic nitrogens is 3. The maximum absolute atomic E-state index is 5.71. The molecule has 4 rings (SSSR count). The van der Waals surface area contributed by atoms with Crippen LogP contribution in [0.1, 0.15) is 31.7 Å². The second kappa shape index (κ2) is 8.76. The van der Waals surface area contributed by atoms with E-state index in [2.05, 4.69) is 22.5 Å². The molecule has 0 N–H and O–H groups in total. The lowest BCUT2D eigenvalue weighted by Gasteiger charge is -2.24. The van der Waals surface area contributed by atoms with Crippen LogP contribution in [0.15, 0.2) is 29.6 Å². The Morgan fingerprint density at radius 2 is 1.90 bits per heavy atom. The predicted molar refractivity (Wildman–Crippen MR) is 123 cm³/mol. The number of aryl methyl sites for hydroxylation is 1. The molecular weight excluding hydrogens is 396 g/mol. The van der Waals surface area contributed by atoms with Gasteiger partial charge in [-0.3, -0.25) is 9.38 Å². The maximum Gasteiger partial charge on any atom is 0.166 e. The van der Waals surface area contributed by atoms with Gasteiger partial charge in [0, 0.05) is 25.5 Å².